The van der Waals surface area contributed by atoms with Gasteiger partial charge in [0.2, 0.25) is 5.03 Å². The van der Waals surface area contributed by atoms with Crippen LogP contribution in [-0.4, -0.2) is 23.1 Å². The van der Waals surface area contributed by atoms with E-state index in [4.69, 9.17) is 11.6 Å². The highest BCUT2D eigenvalue weighted by Crippen LogP contribution is 2.20. The molecule has 1 aromatic carbocycles. The second-order valence-corrected chi connectivity index (χ2v) is 5.94. The summed E-state index contributed by atoms with van der Waals surface area (Å²) in [6, 6.07) is 6.47. The van der Waals surface area contributed by atoms with Gasteiger partial charge in [0, 0.05) is 19.2 Å². The van der Waals surface area contributed by atoms with E-state index in [1.165, 1.54) is 17.0 Å². The minimum atomic E-state index is -3.81. The largest absolute Gasteiger partial charge is 0.508 e. The number of hydrogen-bond acceptors (Lipinski definition) is 4. The van der Waals surface area contributed by atoms with Gasteiger partial charge in [-0.25, -0.2) is 18.1 Å². The monoisotopic (exact) mass is 301 g/mol. The van der Waals surface area contributed by atoms with Crippen LogP contribution in [0.25, 0.3) is 0 Å². The lowest BCUT2D eigenvalue weighted by molar-refractivity contribution is 0.467. The Kier molecular flexibility index (Phi) is 3.79. The van der Waals surface area contributed by atoms with Crippen LogP contribution < -0.4 is 4.72 Å². The van der Waals surface area contributed by atoms with E-state index < -0.39 is 10.0 Å². The van der Waals surface area contributed by atoms with Gasteiger partial charge in [0.1, 0.15) is 10.9 Å². The van der Waals surface area contributed by atoms with E-state index in [9.17, 15) is 13.5 Å². The predicted octanol–water partition coefficient (Wildman–Crippen LogP) is 1.26. The molecule has 6 nitrogen and oxygen atoms in total. The number of hydrogen-bond donors (Lipinski definition) is 2. The topological polar surface area (TPSA) is 84.2 Å². The number of phenolic OH excluding ortho intramolecular Hbond substituents is 1. The Hall–Kier alpha value is -1.57. The van der Waals surface area contributed by atoms with Gasteiger partial charge in [-0.1, -0.05) is 29.8 Å². The van der Waals surface area contributed by atoms with E-state index in [-0.39, 0.29) is 22.5 Å². The molecule has 0 radical (unpaired) electrons. The minimum absolute atomic E-state index is 0.0253. The summed E-state index contributed by atoms with van der Waals surface area (Å²) in [6.45, 7) is -0.0398. The Balaban J connectivity index is 2.19. The fourth-order valence-corrected chi connectivity index (χ4v) is 2.91. The maximum atomic E-state index is 12.0. The number of aromatic hydroxyl groups is 1. The number of rotatable bonds is 4. The molecule has 0 aliphatic rings. The van der Waals surface area contributed by atoms with Crippen molar-refractivity contribution in [2.24, 2.45) is 7.05 Å². The molecule has 0 fully saturated rings. The number of sulfonamides is 1. The third-order valence-corrected chi connectivity index (χ3v) is 4.42. The lowest BCUT2D eigenvalue weighted by Gasteiger charge is -2.06. The van der Waals surface area contributed by atoms with Gasteiger partial charge in [0.05, 0.1) is 6.33 Å². The molecule has 0 spiro atoms. The third kappa shape index (κ3) is 2.89. The molecule has 2 N–H and O–H groups in total. The Morgan fingerprint density at radius 2 is 2.11 bits per heavy atom. The summed E-state index contributed by atoms with van der Waals surface area (Å²) in [5, 5.41) is 9.36. The van der Waals surface area contributed by atoms with Gasteiger partial charge in [-0.2, -0.15) is 0 Å². The molecule has 8 heteroatoms. The fourth-order valence-electron chi connectivity index (χ4n) is 1.48. The van der Waals surface area contributed by atoms with Gasteiger partial charge in [-0.3, -0.25) is 0 Å². The molecule has 0 aliphatic carbocycles. The maximum Gasteiger partial charge on any atom is 0.261 e. The van der Waals surface area contributed by atoms with E-state index in [1.54, 1.807) is 25.2 Å². The molecule has 0 unspecified atom stereocenters. The summed E-state index contributed by atoms with van der Waals surface area (Å²) >= 11 is 5.84. The van der Waals surface area contributed by atoms with Crippen molar-refractivity contribution in [1.29, 1.82) is 0 Å². The van der Waals surface area contributed by atoms with E-state index in [0.717, 1.165) is 0 Å². The SMILES string of the molecule is Cn1cnc(S(=O)(=O)NCc2ccccc2O)c1Cl. The number of nitrogens with one attached hydrogen (secondary N) is 1. The summed E-state index contributed by atoms with van der Waals surface area (Å²) in [4.78, 5) is 3.74. The van der Waals surface area contributed by atoms with Crippen LogP contribution in [0.1, 0.15) is 5.56 Å². The van der Waals surface area contributed by atoms with Gasteiger partial charge in [0.15, 0.2) is 0 Å². The highest BCUT2D eigenvalue weighted by atomic mass is 35.5. The molecule has 0 saturated carbocycles. The first-order valence-electron chi connectivity index (χ1n) is 5.35. The number of aromatic nitrogens is 2. The second kappa shape index (κ2) is 5.20. The zero-order chi connectivity index (χ0) is 14.0. The lowest BCUT2D eigenvalue weighted by atomic mass is 10.2. The summed E-state index contributed by atoms with van der Waals surface area (Å²) in [7, 11) is -2.22. The minimum Gasteiger partial charge on any atom is -0.508 e. The van der Waals surface area contributed by atoms with E-state index >= 15 is 0 Å². The first kappa shape index (κ1) is 13.9. The van der Waals surface area contributed by atoms with Crippen molar-refractivity contribution in [3.05, 3.63) is 41.3 Å². The van der Waals surface area contributed by atoms with Gasteiger partial charge in [-0.05, 0) is 6.07 Å². The van der Waals surface area contributed by atoms with Crippen LogP contribution in [0.2, 0.25) is 5.15 Å². The van der Waals surface area contributed by atoms with Crippen molar-refractivity contribution in [3.63, 3.8) is 0 Å². The van der Waals surface area contributed by atoms with Crippen molar-refractivity contribution < 1.29 is 13.5 Å². The van der Waals surface area contributed by atoms with E-state index in [2.05, 4.69) is 9.71 Å². The number of phenols is 1. The van der Waals surface area contributed by atoms with Crippen molar-refractivity contribution in [3.8, 4) is 5.75 Å². The normalized spacial score (nSPS) is 11.7. The first-order valence-corrected chi connectivity index (χ1v) is 7.21. The van der Waals surface area contributed by atoms with Crippen LogP contribution in [0.4, 0.5) is 0 Å². The van der Waals surface area contributed by atoms with E-state index in [1.807, 2.05) is 0 Å². The molecular weight excluding hydrogens is 290 g/mol. The molecule has 0 bridgehead atoms. The molecule has 0 aliphatic heterocycles. The number of para-hydroxylation sites is 1. The number of nitrogens with zero attached hydrogens (tertiary/aromatic N) is 2. The highest BCUT2D eigenvalue weighted by molar-refractivity contribution is 7.89. The fraction of sp³-hybridized carbons (Fsp3) is 0.182. The maximum absolute atomic E-state index is 12.0. The Morgan fingerprint density at radius 3 is 2.68 bits per heavy atom. The molecule has 1 heterocycles. The molecule has 0 saturated heterocycles. The summed E-state index contributed by atoms with van der Waals surface area (Å²) < 4.78 is 27.7. The van der Waals surface area contributed by atoms with Gasteiger partial charge in [0.25, 0.3) is 10.0 Å². The standard InChI is InChI=1S/C11H12ClN3O3S/c1-15-7-13-11(10(15)12)19(17,18)14-6-8-4-2-3-5-9(8)16/h2-5,7,14,16H,6H2,1H3. The zero-order valence-corrected chi connectivity index (χ0v) is 11.6. The van der Waals surface area contributed by atoms with Crippen LogP contribution in [-0.2, 0) is 23.6 Å². The first-order chi connectivity index (χ1) is 8.92. The van der Waals surface area contributed by atoms with Crippen LogP contribution in [0.15, 0.2) is 35.6 Å². The number of halogens is 1. The van der Waals surface area contributed by atoms with Crippen molar-refractivity contribution in [2.45, 2.75) is 11.6 Å². The smallest absolute Gasteiger partial charge is 0.261 e. The van der Waals surface area contributed by atoms with Crippen LogP contribution >= 0.6 is 11.6 Å². The second-order valence-electron chi connectivity index (χ2n) is 3.90. The predicted molar refractivity (Wildman–Crippen MR) is 70.4 cm³/mol. The number of imidazole rings is 1. The van der Waals surface area contributed by atoms with Crippen molar-refractivity contribution in [2.75, 3.05) is 0 Å². The molecular formula is C11H12ClN3O3S. The summed E-state index contributed by atoms with van der Waals surface area (Å²) in [5.41, 5.74) is 0.470. The molecule has 2 aromatic rings. The van der Waals surface area contributed by atoms with E-state index in [0.29, 0.717) is 5.56 Å². The average molecular weight is 302 g/mol. The van der Waals surface area contributed by atoms with Crippen LogP contribution in [0.3, 0.4) is 0 Å². The highest BCUT2D eigenvalue weighted by Gasteiger charge is 2.22. The molecule has 0 atom stereocenters. The molecule has 2 rings (SSSR count). The molecule has 0 amide bonds. The van der Waals surface area contributed by atoms with Crippen molar-refractivity contribution in [1.82, 2.24) is 14.3 Å². The number of benzene rings is 1. The lowest BCUT2D eigenvalue weighted by Crippen LogP contribution is -2.24. The van der Waals surface area contributed by atoms with Crippen molar-refractivity contribution >= 4 is 21.6 Å². The zero-order valence-electron chi connectivity index (χ0n) is 10.0. The summed E-state index contributed by atoms with van der Waals surface area (Å²) in [6.07, 6.45) is 1.32. The molecule has 19 heavy (non-hydrogen) atoms. The Bertz CT molecular complexity index is 697. The quantitative estimate of drug-likeness (QED) is 0.890. The van der Waals surface area contributed by atoms with Crippen LogP contribution in [0, 0.1) is 0 Å². The van der Waals surface area contributed by atoms with Gasteiger partial charge >= 0.3 is 0 Å². The van der Waals surface area contributed by atoms with Gasteiger partial charge in [-0.15, -0.1) is 0 Å². The van der Waals surface area contributed by atoms with Crippen LogP contribution in [0.5, 0.6) is 5.75 Å². The molecule has 102 valence electrons. The number of aryl methyl sites for hydroxylation is 1. The average Bonchev–Trinajstić information content (AvgIpc) is 2.70. The Morgan fingerprint density at radius 1 is 1.42 bits per heavy atom. The van der Waals surface area contributed by atoms with Gasteiger partial charge < -0.3 is 9.67 Å². The Labute approximate surface area is 115 Å². The third-order valence-electron chi connectivity index (χ3n) is 2.53. The molecule has 1 aromatic heterocycles. The summed E-state index contributed by atoms with van der Waals surface area (Å²) in [5.74, 6) is 0.0253.